The number of aromatic nitrogens is 4. The molecular formula is C21H16N4O4. The first kappa shape index (κ1) is 19.4. The van der Waals surface area contributed by atoms with Gasteiger partial charge in [0.05, 0.1) is 11.8 Å². The molecule has 4 aromatic rings. The van der Waals surface area contributed by atoms with Gasteiger partial charge in [-0.2, -0.15) is 0 Å². The quantitative estimate of drug-likeness (QED) is 0.515. The van der Waals surface area contributed by atoms with Gasteiger partial charge in [0.25, 0.3) is 0 Å². The molecule has 0 aliphatic rings. The number of nitrogens with zero attached hydrogens (tertiary/aromatic N) is 4. The smallest absolute Gasteiger partial charge is 0.328 e. The molecule has 4 rings (SSSR count). The molecule has 0 saturated carbocycles. The molecule has 0 radical (unpaired) electrons. The maximum Gasteiger partial charge on any atom is 0.328 e. The lowest BCUT2D eigenvalue weighted by Crippen LogP contribution is -1.93. The van der Waals surface area contributed by atoms with Gasteiger partial charge in [-0.05, 0) is 18.2 Å². The monoisotopic (exact) mass is 388 g/mol. The normalized spacial score (nSPS) is 10.5. The highest BCUT2D eigenvalue weighted by Gasteiger charge is 2.04. The molecule has 0 unspecified atom stereocenters. The lowest BCUT2D eigenvalue weighted by molar-refractivity contribution is -0.134. The lowest BCUT2D eigenvalue weighted by atomic mass is 10.2. The van der Waals surface area contributed by atoms with Crippen LogP contribution >= 0.6 is 0 Å². The number of aliphatic carboxylic acids is 2. The maximum absolute atomic E-state index is 9.55. The van der Waals surface area contributed by atoms with Crippen LogP contribution in [0.4, 0.5) is 0 Å². The number of carbonyl (C=O) groups is 2. The molecule has 0 atom stereocenters. The second kappa shape index (κ2) is 9.05. The minimum atomic E-state index is -1.26. The topological polar surface area (TPSA) is 118 Å². The van der Waals surface area contributed by atoms with Crippen molar-refractivity contribution >= 4 is 22.8 Å². The van der Waals surface area contributed by atoms with E-state index in [1.54, 1.807) is 12.5 Å². The molecule has 2 aromatic heterocycles. The van der Waals surface area contributed by atoms with Crippen molar-refractivity contribution in [3.8, 4) is 17.1 Å². The summed E-state index contributed by atoms with van der Waals surface area (Å²) < 4.78 is 1.96. The average molecular weight is 388 g/mol. The number of fused-ring (bicyclic) bond motifs is 1. The van der Waals surface area contributed by atoms with Crippen molar-refractivity contribution in [1.29, 1.82) is 0 Å². The first-order valence-corrected chi connectivity index (χ1v) is 8.47. The average Bonchev–Trinajstić information content (AvgIpc) is 3.27. The molecule has 144 valence electrons. The van der Waals surface area contributed by atoms with Crippen molar-refractivity contribution in [2.75, 3.05) is 0 Å². The third kappa shape index (κ3) is 5.33. The molecule has 0 saturated heterocycles. The van der Waals surface area contributed by atoms with Gasteiger partial charge in [-0.15, -0.1) is 0 Å². The third-order valence-corrected chi connectivity index (χ3v) is 3.77. The van der Waals surface area contributed by atoms with E-state index in [-0.39, 0.29) is 0 Å². The number of benzene rings is 2. The van der Waals surface area contributed by atoms with Gasteiger partial charge in [0.15, 0.2) is 5.82 Å². The number of hydrogen-bond acceptors (Lipinski definition) is 5. The zero-order chi connectivity index (χ0) is 20.6. The van der Waals surface area contributed by atoms with Crippen molar-refractivity contribution in [2.45, 2.75) is 0 Å². The Morgan fingerprint density at radius 3 is 2.31 bits per heavy atom. The number of carboxylic acids is 2. The molecule has 2 heterocycles. The van der Waals surface area contributed by atoms with Crippen LogP contribution in [0.1, 0.15) is 0 Å². The van der Waals surface area contributed by atoms with E-state index < -0.39 is 11.9 Å². The molecule has 0 fully saturated rings. The van der Waals surface area contributed by atoms with Crippen LogP contribution in [0.25, 0.3) is 28.0 Å². The van der Waals surface area contributed by atoms with Crippen molar-refractivity contribution in [3.05, 3.63) is 85.6 Å². The fourth-order valence-electron chi connectivity index (χ4n) is 2.46. The van der Waals surface area contributed by atoms with Gasteiger partial charge < -0.3 is 14.8 Å². The van der Waals surface area contributed by atoms with Crippen LogP contribution in [-0.4, -0.2) is 41.7 Å². The molecule has 0 aliphatic carbocycles. The van der Waals surface area contributed by atoms with Crippen LogP contribution in [0.3, 0.4) is 0 Å². The van der Waals surface area contributed by atoms with E-state index in [9.17, 15) is 9.59 Å². The van der Waals surface area contributed by atoms with Gasteiger partial charge in [0, 0.05) is 47.4 Å². The van der Waals surface area contributed by atoms with E-state index in [1.165, 1.54) is 0 Å². The number of hydrogen-bond donors (Lipinski definition) is 2. The summed E-state index contributed by atoms with van der Waals surface area (Å²) in [5.74, 6) is -1.77. The van der Waals surface area contributed by atoms with Gasteiger partial charge in [-0.1, -0.05) is 30.3 Å². The molecule has 0 aliphatic heterocycles. The molecule has 8 nitrogen and oxygen atoms in total. The predicted molar refractivity (Wildman–Crippen MR) is 107 cm³/mol. The van der Waals surface area contributed by atoms with Gasteiger partial charge >= 0.3 is 11.9 Å². The van der Waals surface area contributed by atoms with Crippen LogP contribution in [0, 0.1) is 0 Å². The zero-order valence-electron chi connectivity index (χ0n) is 15.1. The Balaban J connectivity index is 0.000000258. The van der Waals surface area contributed by atoms with Gasteiger partial charge in [0.1, 0.15) is 0 Å². The highest BCUT2D eigenvalue weighted by atomic mass is 16.4. The van der Waals surface area contributed by atoms with Crippen LogP contribution < -0.4 is 0 Å². The summed E-state index contributed by atoms with van der Waals surface area (Å²) in [5.41, 5.74) is 3.02. The summed E-state index contributed by atoms with van der Waals surface area (Å²) in [6.07, 6.45) is 8.44. The third-order valence-electron chi connectivity index (χ3n) is 3.77. The standard InChI is InChI=1S/C17H12N4.C4H4O4/c1-2-4-13(5-3-1)17-19-11-14-10-15(6-7-16(14)20-17)21-9-8-18-12-21;5-3(6)1-2-4(7)8/h1-12H;1-2H,(H,5,6)(H,7,8)/b;2-1+. The fourth-order valence-corrected chi connectivity index (χ4v) is 2.46. The maximum atomic E-state index is 9.55. The van der Waals surface area contributed by atoms with Crippen molar-refractivity contribution in [2.24, 2.45) is 0 Å². The van der Waals surface area contributed by atoms with E-state index in [0.29, 0.717) is 12.2 Å². The van der Waals surface area contributed by atoms with Crippen LogP contribution in [0.15, 0.2) is 85.6 Å². The van der Waals surface area contributed by atoms with Crippen LogP contribution in [0.5, 0.6) is 0 Å². The fraction of sp³-hybridized carbons (Fsp3) is 0. The van der Waals surface area contributed by atoms with Gasteiger partial charge in [-0.25, -0.2) is 24.5 Å². The molecule has 0 bridgehead atoms. The summed E-state index contributed by atoms with van der Waals surface area (Å²) >= 11 is 0. The second-order valence-electron chi connectivity index (χ2n) is 5.78. The Labute approximate surface area is 165 Å². The minimum absolute atomic E-state index is 0.558. The molecule has 2 aromatic carbocycles. The molecule has 2 N–H and O–H groups in total. The number of carboxylic acid groups (broad SMARTS) is 2. The van der Waals surface area contributed by atoms with Crippen LogP contribution in [0.2, 0.25) is 0 Å². The zero-order valence-corrected chi connectivity index (χ0v) is 15.1. The van der Waals surface area contributed by atoms with E-state index >= 15 is 0 Å². The summed E-state index contributed by atoms with van der Waals surface area (Å²) in [6.45, 7) is 0. The number of rotatable bonds is 4. The summed E-state index contributed by atoms with van der Waals surface area (Å²) in [5, 5.41) is 16.6. The Bertz CT molecular complexity index is 1140. The molecule has 0 spiro atoms. The number of imidazole rings is 1. The Hall–Kier alpha value is -4.33. The predicted octanol–water partition coefficient (Wildman–Crippen LogP) is 3.19. The Kier molecular flexibility index (Phi) is 6.06. The second-order valence-corrected chi connectivity index (χ2v) is 5.78. The SMILES string of the molecule is O=C(O)/C=C/C(=O)O.c1ccc(-c2ncc3cc(-n4ccnc4)ccc3n2)cc1. The molecule has 0 amide bonds. The highest BCUT2D eigenvalue weighted by molar-refractivity contribution is 5.89. The van der Waals surface area contributed by atoms with Crippen molar-refractivity contribution in [1.82, 2.24) is 19.5 Å². The van der Waals surface area contributed by atoms with Gasteiger partial charge in [-0.3, -0.25) is 0 Å². The Morgan fingerprint density at radius 2 is 1.69 bits per heavy atom. The first-order chi connectivity index (χ1) is 14.0. The highest BCUT2D eigenvalue weighted by Crippen LogP contribution is 2.20. The van der Waals surface area contributed by atoms with Crippen LogP contribution in [-0.2, 0) is 9.59 Å². The largest absolute Gasteiger partial charge is 0.478 e. The molecular weight excluding hydrogens is 372 g/mol. The summed E-state index contributed by atoms with van der Waals surface area (Å²) in [6, 6.07) is 16.1. The molecule has 29 heavy (non-hydrogen) atoms. The van der Waals surface area contributed by atoms with E-state index in [0.717, 1.165) is 28.0 Å². The summed E-state index contributed by atoms with van der Waals surface area (Å²) in [4.78, 5) is 32.3. The lowest BCUT2D eigenvalue weighted by Gasteiger charge is -2.05. The first-order valence-electron chi connectivity index (χ1n) is 8.47. The van der Waals surface area contributed by atoms with E-state index in [2.05, 4.69) is 21.0 Å². The van der Waals surface area contributed by atoms with Gasteiger partial charge in [0.2, 0.25) is 0 Å². The van der Waals surface area contributed by atoms with E-state index in [4.69, 9.17) is 10.2 Å². The molecule has 8 heteroatoms. The minimum Gasteiger partial charge on any atom is -0.478 e. The Morgan fingerprint density at radius 1 is 0.966 bits per heavy atom. The van der Waals surface area contributed by atoms with Crippen molar-refractivity contribution < 1.29 is 19.8 Å². The van der Waals surface area contributed by atoms with E-state index in [1.807, 2.05) is 59.4 Å². The van der Waals surface area contributed by atoms with Crippen molar-refractivity contribution in [3.63, 3.8) is 0 Å². The summed E-state index contributed by atoms with van der Waals surface area (Å²) in [7, 11) is 0.